The van der Waals surface area contributed by atoms with Crippen LogP contribution in [0.15, 0.2) is 18.2 Å². The molecule has 19 heavy (non-hydrogen) atoms. The van der Waals surface area contributed by atoms with Gasteiger partial charge in [-0.2, -0.15) is 0 Å². The summed E-state index contributed by atoms with van der Waals surface area (Å²) < 4.78 is 5.50. The Kier molecular flexibility index (Phi) is 6.20. The smallest absolute Gasteiger partial charge is 0.261 e. The standard InChI is InChI=1S/C14H17ClN2O2/c1-4-7-17-14(18)10(2)19-13-6-5-11(9-16-3)8-12(13)15/h1,5-6,8,10,16H,7,9H2,2-3H3,(H,17,18). The van der Waals surface area contributed by atoms with Crippen molar-refractivity contribution in [1.29, 1.82) is 0 Å². The largest absolute Gasteiger partial charge is 0.479 e. The number of hydrogen-bond acceptors (Lipinski definition) is 3. The number of halogens is 1. The molecule has 1 atom stereocenters. The summed E-state index contributed by atoms with van der Waals surface area (Å²) in [6, 6.07) is 5.45. The predicted molar refractivity (Wildman–Crippen MR) is 76.1 cm³/mol. The van der Waals surface area contributed by atoms with Gasteiger partial charge in [-0.3, -0.25) is 4.79 Å². The molecule has 0 saturated carbocycles. The predicted octanol–water partition coefficient (Wildman–Crippen LogP) is 1.58. The number of benzene rings is 1. The summed E-state index contributed by atoms with van der Waals surface area (Å²) in [4.78, 5) is 11.6. The molecule has 102 valence electrons. The first-order valence-corrected chi connectivity index (χ1v) is 6.27. The molecule has 1 aromatic rings. The summed E-state index contributed by atoms with van der Waals surface area (Å²) in [7, 11) is 1.86. The van der Waals surface area contributed by atoms with Crippen LogP contribution in [-0.4, -0.2) is 25.6 Å². The molecule has 5 heteroatoms. The van der Waals surface area contributed by atoms with Crippen molar-refractivity contribution < 1.29 is 9.53 Å². The first-order valence-electron chi connectivity index (χ1n) is 5.89. The zero-order valence-electron chi connectivity index (χ0n) is 11.0. The average molecular weight is 281 g/mol. The van der Waals surface area contributed by atoms with Gasteiger partial charge in [0.25, 0.3) is 5.91 Å². The van der Waals surface area contributed by atoms with E-state index in [0.29, 0.717) is 10.8 Å². The fourth-order valence-corrected chi connectivity index (χ4v) is 1.73. The van der Waals surface area contributed by atoms with Crippen molar-refractivity contribution in [2.75, 3.05) is 13.6 Å². The summed E-state index contributed by atoms with van der Waals surface area (Å²) in [6.45, 7) is 2.54. The van der Waals surface area contributed by atoms with Crippen LogP contribution in [0.2, 0.25) is 5.02 Å². The first-order chi connectivity index (χ1) is 9.08. The van der Waals surface area contributed by atoms with Crippen LogP contribution < -0.4 is 15.4 Å². The van der Waals surface area contributed by atoms with Crippen molar-refractivity contribution >= 4 is 17.5 Å². The Bertz CT molecular complexity index is 483. The number of nitrogens with one attached hydrogen (secondary N) is 2. The highest BCUT2D eigenvalue weighted by molar-refractivity contribution is 6.32. The maximum atomic E-state index is 11.6. The van der Waals surface area contributed by atoms with Gasteiger partial charge in [-0.25, -0.2) is 0 Å². The van der Waals surface area contributed by atoms with E-state index in [1.807, 2.05) is 13.1 Å². The van der Waals surface area contributed by atoms with E-state index in [-0.39, 0.29) is 12.5 Å². The Morgan fingerprint density at radius 1 is 1.58 bits per heavy atom. The molecule has 0 aliphatic rings. The molecule has 1 unspecified atom stereocenters. The van der Waals surface area contributed by atoms with Gasteiger partial charge in [-0.05, 0) is 31.7 Å². The minimum atomic E-state index is -0.652. The Morgan fingerprint density at radius 2 is 2.32 bits per heavy atom. The number of hydrogen-bond donors (Lipinski definition) is 2. The maximum absolute atomic E-state index is 11.6. The van der Waals surface area contributed by atoms with Gasteiger partial charge < -0.3 is 15.4 Å². The third kappa shape index (κ3) is 4.82. The number of carbonyl (C=O) groups is 1. The Hall–Kier alpha value is -1.70. The van der Waals surface area contributed by atoms with Gasteiger partial charge in [0.2, 0.25) is 0 Å². The van der Waals surface area contributed by atoms with Gasteiger partial charge in [-0.15, -0.1) is 6.42 Å². The number of amides is 1. The summed E-state index contributed by atoms with van der Waals surface area (Å²) in [6.07, 6.45) is 4.41. The highest BCUT2D eigenvalue weighted by Gasteiger charge is 2.15. The summed E-state index contributed by atoms with van der Waals surface area (Å²) in [5, 5.41) is 6.06. The molecule has 0 spiro atoms. The molecule has 0 heterocycles. The van der Waals surface area contributed by atoms with E-state index in [1.54, 1.807) is 19.1 Å². The van der Waals surface area contributed by atoms with Crippen molar-refractivity contribution in [3.05, 3.63) is 28.8 Å². The summed E-state index contributed by atoms with van der Waals surface area (Å²) in [5.41, 5.74) is 1.05. The number of ether oxygens (including phenoxy) is 1. The Balaban J connectivity index is 2.66. The van der Waals surface area contributed by atoms with Crippen LogP contribution in [0.5, 0.6) is 5.75 Å². The fourth-order valence-electron chi connectivity index (χ4n) is 1.48. The minimum absolute atomic E-state index is 0.182. The van der Waals surface area contributed by atoms with E-state index in [2.05, 4.69) is 16.6 Å². The quantitative estimate of drug-likeness (QED) is 0.778. The van der Waals surface area contributed by atoms with Gasteiger partial charge in [0.05, 0.1) is 11.6 Å². The molecule has 0 aliphatic carbocycles. The van der Waals surface area contributed by atoms with Crippen molar-refractivity contribution in [2.45, 2.75) is 19.6 Å². The van der Waals surface area contributed by atoms with Gasteiger partial charge >= 0.3 is 0 Å². The minimum Gasteiger partial charge on any atom is -0.479 e. The van der Waals surface area contributed by atoms with E-state index in [1.165, 1.54) is 0 Å². The van der Waals surface area contributed by atoms with Crippen molar-refractivity contribution in [3.8, 4) is 18.1 Å². The highest BCUT2D eigenvalue weighted by Crippen LogP contribution is 2.26. The number of terminal acetylenes is 1. The zero-order valence-corrected chi connectivity index (χ0v) is 11.8. The van der Waals surface area contributed by atoms with Crippen LogP contribution in [-0.2, 0) is 11.3 Å². The highest BCUT2D eigenvalue weighted by atomic mass is 35.5. The van der Waals surface area contributed by atoms with E-state index >= 15 is 0 Å². The van der Waals surface area contributed by atoms with Crippen LogP contribution in [0.3, 0.4) is 0 Å². The van der Waals surface area contributed by atoms with Gasteiger partial charge in [0.1, 0.15) is 5.75 Å². The Labute approximate surface area is 118 Å². The second-order valence-electron chi connectivity index (χ2n) is 3.98. The van der Waals surface area contributed by atoms with Gasteiger partial charge in [0, 0.05) is 6.54 Å². The summed E-state index contributed by atoms with van der Waals surface area (Å²) in [5.74, 6) is 2.54. The van der Waals surface area contributed by atoms with Crippen LogP contribution in [0.1, 0.15) is 12.5 Å². The molecule has 1 rings (SSSR count). The topological polar surface area (TPSA) is 50.4 Å². The van der Waals surface area contributed by atoms with Gasteiger partial charge in [-0.1, -0.05) is 23.6 Å². The fraction of sp³-hybridized carbons (Fsp3) is 0.357. The third-order valence-electron chi connectivity index (χ3n) is 2.41. The van der Waals surface area contributed by atoms with Crippen molar-refractivity contribution in [1.82, 2.24) is 10.6 Å². The molecular weight excluding hydrogens is 264 g/mol. The second-order valence-corrected chi connectivity index (χ2v) is 4.38. The molecule has 4 nitrogen and oxygen atoms in total. The molecule has 0 aromatic heterocycles. The summed E-state index contributed by atoms with van der Waals surface area (Å²) >= 11 is 6.10. The van der Waals surface area contributed by atoms with Gasteiger partial charge in [0.15, 0.2) is 6.10 Å². The van der Waals surface area contributed by atoms with Crippen LogP contribution in [0.4, 0.5) is 0 Å². The Morgan fingerprint density at radius 3 is 2.89 bits per heavy atom. The average Bonchev–Trinajstić information content (AvgIpc) is 2.39. The molecule has 0 fully saturated rings. The maximum Gasteiger partial charge on any atom is 0.261 e. The zero-order chi connectivity index (χ0) is 14.3. The monoisotopic (exact) mass is 280 g/mol. The molecule has 2 N–H and O–H groups in total. The normalized spacial score (nSPS) is 11.5. The van der Waals surface area contributed by atoms with Crippen molar-refractivity contribution in [2.24, 2.45) is 0 Å². The lowest BCUT2D eigenvalue weighted by molar-refractivity contribution is -0.126. The lowest BCUT2D eigenvalue weighted by Gasteiger charge is -2.15. The molecule has 0 bridgehead atoms. The molecule has 1 amide bonds. The van der Waals surface area contributed by atoms with Crippen LogP contribution in [0, 0.1) is 12.3 Å². The van der Waals surface area contributed by atoms with E-state index in [4.69, 9.17) is 22.8 Å². The molecule has 0 radical (unpaired) electrons. The number of rotatable bonds is 6. The van der Waals surface area contributed by atoms with E-state index in [9.17, 15) is 4.79 Å². The van der Waals surface area contributed by atoms with Crippen molar-refractivity contribution in [3.63, 3.8) is 0 Å². The lowest BCUT2D eigenvalue weighted by atomic mass is 10.2. The van der Waals surface area contributed by atoms with E-state index in [0.717, 1.165) is 12.1 Å². The third-order valence-corrected chi connectivity index (χ3v) is 2.71. The van der Waals surface area contributed by atoms with E-state index < -0.39 is 6.10 Å². The van der Waals surface area contributed by atoms with Crippen LogP contribution in [0.25, 0.3) is 0 Å². The molecule has 0 aliphatic heterocycles. The second kappa shape index (κ2) is 7.67. The molecule has 1 aromatic carbocycles. The molecular formula is C14H17ClN2O2. The first kappa shape index (κ1) is 15.4. The van der Waals surface area contributed by atoms with Crippen LogP contribution >= 0.6 is 11.6 Å². The molecule has 0 saturated heterocycles. The number of carbonyl (C=O) groups excluding carboxylic acids is 1. The SMILES string of the molecule is C#CCNC(=O)C(C)Oc1ccc(CNC)cc1Cl. The lowest BCUT2D eigenvalue weighted by Crippen LogP contribution is -2.36.